The fraction of sp³-hybridized carbons (Fsp3) is 0.909. The van der Waals surface area contributed by atoms with E-state index in [1.54, 1.807) is 0 Å². The van der Waals surface area contributed by atoms with Crippen LogP contribution in [0.1, 0.15) is 38.5 Å². The Hall–Kier alpha value is -0.780. The van der Waals surface area contributed by atoms with E-state index in [1.165, 1.54) is 0 Å². The number of hydrogen-bond acceptors (Lipinski definition) is 3. The van der Waals surface area contributed by atoms with Gasteiger partial charge in [0.05, 0.1) is 12.7 Å². The highest BCUT2D eigenvalue weighted by atomic mass is 19.4. The van der Waals surface area contributed by atoms with Crippen LogP contribution in [-0.2, 0) is 14.3 Å². The zero-order valence-corrected chi connectivity index (χ0v) is 9.59. The Morgan fingerprint density at radius 2 is 2.06 bits per heavy atom. The second-order valence-corrected chi connectivity index (χ2v) is 4.12. The molecule has 1 rings (SSSR count). The van der Waals surface area contributed by atoms with Crippen molar-refractivity contribution in [3.63, 3.8) is 0 Å². The lowest BCUT2D eigenvalue weighted by Gasteiger charge is -2.14. The number of ether oxygens (including phenoxy) is 2. The van der Waals surface area contributed by atoms with Gasteiger partial charge in [0.15, 0.2) is 0 Å². The molecule has 3 nitrogen and oxygen atoms in total. The molecule has 17 heavy (non-hydrogen) atoms. The molecule has 1 aliphatic rings. The summed E-state index contributed by atoms with van der Waals surface area (Å²) in [5, 5.41) is 0. The molecule has 1 heterocycles. The van der Waals surface area contributed by atoms with Gasteiger partial charge in [-0.25, -0.2) is 4.79 Å². The van der Waals surface area contributed by atoms with Gasteiger partial charge in [-0.1, -0.05) is 12.8 Å². The smallest absolute Gasteiger partial charge is 0.459 e. The van der Waals surface area contributed by atoms with Gasteiger partial charge < -0.3 is 9.47 Å². The van der Waals surface area contributed by atoms with E-state index in [4.69, 9.17) is 4.74 Å². The fourth-order valence-electron chi connectivity index (χ4n) is 1.77. The predicted octanol–water partition coefficient (Wildman–Crippen LogP) is 2.83. The maximum absolute atomic E-state index is 11.8. The number of hydrogen-bond donors (Lipinski definition) is 0. The number of carbonyl (C=O) groups excluding carboxylic acids is 1. The summed E-state index contributed by atoms with van der Waals surface area (Å²) in [7, 11) is 0. The molecule has 0 spiro atoms. The summed E-state index contributed by atoms with van der Waals surface area (Å²) < 4.78 is 45.0. The van der Waals surface area contributed by atoms with Crippen molar-refractivity contribution >= 4 is 5.97 Å². The van der Waals surface area contributed by atoms with Crippen LogP contribution in [0.15, 0.2) is 0 Å². The van der Waals surface area contributed by atoms with Crippen LogP contribution in [0.3, 0.4) is 0 Å². The molecule has 0 radical (unpaired) electrons. The van der Waals surface area contributed by atoms with E-state index < -0.39 is 12.1 Å². The number of carbonyl (C=O) groups is 1. The van der Waals surface area contributed by atoms with Gasteiger partial charge in [0.2, 0.25) is 0 Å². The molecule has 0 aliphatic carbocycles. The number of rotatable bonds is 4. The summed E-state index contributed by atoms with van der Waals surface area (Å²) in [6.45, 7) is 0.519. The summed E-state index contributed by atoms with van der Waals surface area (Å²) in [5.74, 6) is -2.11. The third-order valence-electron chi connectivity index (χ3n) is 2.66. The van der Waals surface area contributed by atoms with Crippen molar-refractivity contribution in [2.75, 3.05) is 13.2 Å². The maximum atomic E-state index is 11.8. The van der Waals surface area contributed by atoms with Crippen molar-refractivity contribution < 1.29 is 27.4 Å². The quantitative estimate of drug-likeness (QED) is 0.571. The number of alkyl halides is 3. The van der Waals surface area contributed by atoms with E-state index in [2.05, 4.69) is 4.74 Å². The minimum Gasteiger partial charge on any atom is -0.459 e. The summed E-state index contributed by atoms with van der Waals surface area (Å²) in [4.78, 5) is 10.4. The normalized spacial score (nSPS) is 21.9. The minimum atomic E-state index is -4.89. The SMILES string of the molecule is O=C(OCCCC1CCCCCO1)C(F)(F)F. The van der Waals surface area contributed by atoms with Crippen LogP contribution in [0.2, 0.25) is 0 Å². The van der Waals surface area contributed by atoms with Gasteiger partial charge in [-0.2, -0.15) is 13.2 Å². The highest BCUT2D eigenvalue weighted by molar-refractivity contribution is 5.75. The first-order chi connectivity index (χ1) is 8.00. The molecule has 100 valence electrons. The Labute approximate surface area is 98.3 Å². The van der Waals surface area contributed by atoms with Gasteiger partial charge in [-0.3, -0.25) is 0 Å². The molecule has 0 aromatic heterocycles. The lowest BCUT2D eigenvalue weighted by molar-refractivity contribution is -0.199. The molecule has 1 unspecified atom stereocenters. The van der Waals surface area contributed by atoms with Crippen molar-refractivity contribution in [2.24, 2.45) is 0 Å². The second kappa shape index (κ2) is 6.83. The third-order valence-corrected chi connectivity index (χ3v) is 2.66. The first-order valence-electron chi connectivity index (χ1n) is 5.85. The Balaban J connectivity index is 2.09. The van der Waals surface area contributed by atoms with Crippen LogP contribution in [0.5, 0.6) is 0 Å². The van der Waals surface area contributed by atoms with Crippen molar-refractivity contribution in [1.29, 1.82) is 0 Å². The van der Waals surface area contributed by atoms with Gasteiger partial charge in [-0.05, 0) is 25.7 Å². The van der Waals surface area contributed by atoms with Crippen LogP contribution in [0.4, 0.5) is 13.2 Å². The van der Waals surface area contributed by atoms with Crippen molar-refractivity contribution in [1.82, 2.24) is 0 Å². The Morgan fingerprint density at radius 1 is 1.29 bits per heavy atom. The minimum absolute atomic E-state index is 0.0992. The standard InChI is InChI=1S/C11H17F3O3/c12-11(13,14)10(15)17-8-4-6-9-5-2-1-3-7-16-9/h9H,1-8H2. The van der Waals surface area contributed by atoms with E-state index >= 15 is 0 Å². The second-order valence-electron chi connectivity index (χ2n) is 4.12. The average molecular weight is 254 g/mol. The van der Waals surface area contributed by atoms with Crippen LogP contribution in [-0.4, -0.2) is 31.5 Å². The Morgan fingerprint density at radius 3 is 2.76 bits per heavy atom. The molecule has 1 atom stereocenters. The van der Waals surface area contributed by atoms with Crippen molar-refractivity contribution in [3.8, 4) is 0 Å². The Bertz CT molecular complexity index is 233. The van der Waals surface area contributed by atoms with Gasteiger partial charge in [-0.15, -0.1) is 0 Å². The average Bonchev–Trinajstić information content (AvgIpc) is 2.51. The molecule has 0 amide bonds. The molecule has 0 N–H and O–H groups in total. The largest absolute Gasteiger partial charge is 0.490 e. The summed E-state index contributed by atoms with van der Waals surface area (Å²) >= 11 is 0. The first kappa shape index (κ1) is 14.3. The first-order valence-corrected chi connectivity index (χ1v) is 5.85. The molecule has 0 aromatic rings. The number of halogens is 3. The lowest BCUT2D eigenvalue weighted by atomic mass is 10.1. The highest BCUT2D eigenvalue weighted by Gasteiger charge is 2.40. The van der Waals surface area contributed by atoms with Crippen LogP contribution < -0.4 is 0 Å². The molecular formula is C11H17F3O3. The monoisotopic (exact) mass is 254 g/mol. The summed E-state index contributed by atoms with van der Waals surface area (Å²) in [5.41, 5.74) is 0. The molecule has 0 saturated carbocycles. The Kier molecular flexibility index (Phi) is 5.74. The molecule has 1 saturated heterocycles. The molecule has 0 aromatic carbocycles. The number of esters is 1. The molecule has 6 heteroatoms. The topological polar surface area (TPSA) is 35.5 Å². The van der Waals surface area contributed by atoms with Gasteiger partial charge in [0.1, 0.15) is 0 Å². The van der Waals surface area contributed by atoms with E-state index in [-0.39, 0.29) is 12.7 Å². The zero-order chi connectivity index (χ0) is 12.7. The van der Waals surface area contributed by atoms with Gasteiger partial charge in [0, 0.05) is 6.61 Å². The van der Waals surface area contributed by atoms with Crippen LogP contribution in [0.25, 0.3) is 0 Å². The van der Waals surface area contributed by atoms with Crippen molar-refractivity contribution in [3.05, 3.63) is 0 Å². The van der Waals surface area contributed by atoms with Crippen molar-refractivity contribution in [2.45, 2.75) is 50.8 Å². The van der Waals surface area contributed by atoms with E-state index in [0.29, 0.717) is 19.4 Å². The predicted molar refractivity (Wildman–Crippen MR) is 54.5 cm³/mol. The third kappa shape index (κ3) is 5.91. The maximum Gasteiger partial charge on any atom is 0.490 e. The summed E-state index contributed by atoms with van der Waals surface area (Å²) in [6, 6.07) is 0. The van der Waals surface area contributed by atoms with Gasteiger partial charge >= 0.3 is 12.1 Å². The molecule has 1 aliphatic heterocycles. The molecule has 1 fully saturated rings. The van der Waals surface area contributed by atoms with Gasteiger partial charge in [0.25, 0.3) is 0 Å². The lowest BCUT2D eigenvalue weighted by Crippen LogP contribution is -2.26. The van der Waals surface area contributed by atoms with E-state index in [0.717, 1.165) is 25.7 Å². The molecular weight excluding hydrogens is 237 g/mol. The zero-order valence-electron chi connectivity index (χ0n) is 9.59. The van der Waals surface area contributed by atoms with E-state index in [9.17, 15) is 18.0 Å². The van der Waals surface area contributed by atoms with Crippen LogP contribution >= 0.6 is 0 Å². The summed E-state index contributed by atoms with van der Waals surface area (Å²) in [6.07, 6.45) is 0.470. The van der Waals surface area contributed by atoms with E-state index in [1.807, 2.05) is 0 Å². The fourth-order valence-corrected chi connectivity index (χ4v) is 1.77. The van der Waals surface area contributed by atoms with Crippen LogP contribution in [0, 0.1) is 0 Å². The highest BCUT2D eigenvalue weighted by Crippen LogP contribution is 2.19. The molecule has 0 bridgehead atoms.